The van der Waals surface area contributed by atoms with Gasteiger partial charge in [-0.3, -0.25) is 29.8 Å². The molecule has 13 heteroatoms. The second-order valence-electron chi connectivity index (χ2n) is 5.60. The van der Waals surface area contributed by atoms with Gasteiger partial charge in [0.1, 0.15) is 0 Å². The van der Waals surface area contributed by atoms with Crippen molar-refractivity contribution in [3.63, 3.8) is 0 Å². The highest BCUT2D eigenvalue weighted by Crippen LogP contribution is 2.27. The summed E-state index contributed by atoms with van der Waals surface area (Å²) in [5, 5.41) is 15.2. The van der Waals surface area contributed by atoms with Gasteiger partial charge >= 0.3 is 6.03 Å². The number of rotatable bonds is 5. The highest BCUT2D eigenvalue weighted by Gasteiger charge is 2.18. The monoisotopic (exact) mass is 453 g/mol. The lowest BCUT2D eigenvalue weighted by Crippen LogP contribution is -2.34. The van der Waals surface area contributed by atoms with Crippen molar-refractivity contribution in [3.05, 3.63) is 62.7 Å². The van der Waals surface area contributed by atoms with Crippen LogP contribution < -0.4 is 10.6 Å². The summed E-state index contributed by atoms with van der Waals surface area (Å²) in [4.78, 5) is 38.5. The number of nitro groups is 1. The van der Waals surface area contributed by atoms with Crippen molar-refractivity contribution >= 4 is 67.0 Å². The fourth-order valence-corrected chi connectivity index (χ4v) is 3.99. The fourth-order valence-electron chi connectivity index (χ4n) is 2.35. The Balaban J connectivity index is 1.69. The molecule has 3 rings (SSSR count). The number of amides is 3. The number of anilines is 1. The third-order valence-corrected chi connectivity index (χ3v) is 5.41. The molecule has 1 aromatic heterocycles. The Hall–Kier alpha value is -2.93. The molecule has 0 aliphatic heterocycles. The minimum atomic E-state index is -2.22. The normalized spacial score (nSPS) is 11.8. The number of fused-ring (bicyclic) bond motifs is 1. The van der Waals surface area contributed by atoms with Gasteiger partial charge in [-0.1, -0.05) is 40.1 Å². The van der Waals surface area contributed by atoms with Crippen LogP contribution in [0.25, 0.3) is 10.2 Å². The largest absolute Gasteiger partial charge is 0.772 e. The summed E-state index contributed by atoms with van der Waals surface area (Å²) in [6.07, 6.45) is 0. The maximum atomic E-state index is 12.2. The molecule has 1 atom stereocenters. The molecular weight excluding hydrogens is 444 g/mol. The first-order chi connectivity index (χ1) is 13.7. The smallest absolute Gasteiger partial charge is 0.327 e. The minimum Gasteiger partial charge on any atom is -0.772 e. The zero-order chi connectivity index (χ0) is 21.1. The van der Waals surface area contributed by atoms with Gasteiger partial charge in [0.25, 0.3) is 11.6 Å². The number of thiazole rings is 1. The quantitative estimate of drug-likeness (QED) is 0.341. The number of urea groups is 1. The fraction of sp³-hybridized carbons (Fsp3) is 0.0625. The van der Waals surface area contributed by atoms with Gasteiger partial charge in [0, 0.05) is 17.9 Å². The van der Waals surface area contributed by atoms with Crippen molar-refractivity contribution < 1.29 is 23.3 Å². The molecule has 0 aliphatic carbocycles. The molecule has 0 fully saturated rings. The van der Waals surface area contributed by atoms with Crippen molar-refractivity contribution in [2.45, 2.75) is 5.75 Å². The lowest BCUT2D eigenvalue weighted by Gasteiger charge is -2.05. The molecule has 1 unspecified atom stereocenters. The first-order valence-electron chi connectivity index (χ1n) is 7.74. The molecular formula is C16H10ClN4O6S2-. The Kier molecular flexibility index (Phi) is 6.17. The standard InChI is InChI=1S/C16H11ClN4O6S2/c17-11-6-9(21(24)25)2-3-10(11)14(22)19-15(23)20-16-18-12-4-1-8(7-29(26)27)5-13(12)28-16/h1-6H,7H2,(H,26,27)(H2,18,19,20,22,23)/p-1. The first kappa shape index (κ1) is 20.8. The third-order valence-electron chi connectivity index (χ3n) is 3.59. The SMILES string of the molecule is O=C(NC(=O)c1ccc([N+](=O)[O-])cc1Cl)Nc1nc2ccc(CS(=O)[O-])cc2s1. The Morgan fingerprint density at radius 3 is 2.66 bits per heavy atom. The highest BCUT2D eigenvalue weighted by atomic mass is 35.5. The summed E-state index contributed by atoms with van der Waals surface area (Å²) in [5.41, 5.74) is 0.738. The van der Waals surface area contributed by atoms with E-state index in [4.69, 9.17) is 11.6 Å². The average Bonchev–Trinajstić information content (AvgIpc) is 3.01. The summed E-state index contributed by atoms with van der Waals surface area (Å²) < 4.78 is 22.3. The van der Waals surface area contributed by atoms with Gasteiger partial charge in [0.15, 0.2) is 5.13 Å². The lowest BCUT2D eigenvalue weighted by molar-refractivity contribution is -0.384. The van der Waals surface area contributed by atoms with E-state index in [1.165, 1.54) is 0 Å². The van der Waals surface area contributed by atoms with Gasteiger partial charge in [0.2, 0.25) is 0 Å². The number of imide groups is 1. The van der Waals surface area contributed by atoms with E-state index in [0.29, 0.717) is 15.8 Å². The van der Waals surface area contributed by atoms with Crippen molar-refractivity contribution in [2.75, 3.05) is 5.32 Å². The maximum Gasteiger partial charge on any atom is 0.327 e. The molecule has 2 N–H and O–H groups in total. The molecule has 3 amide bonds. The molecule has 10 nitrogen and oxygen atoms in total. The maximum absolute atomic E-state index is 12.2. The topological polar surface area (TPSA) is 154 Å². The van der Waals surface area contributed by atoms with Gasteiger partial charge in [-0.15, -0.1) is 0 Å². The predicted molar refractivity (Wildman–Crippen MR) is 107 cm³/mol. The second-order valence-corrected chi connectivity index (χ2v) is 7.93. The third kappa shape index (κ3) is 5.12. The molecule has 0 saturated heterocycles. The van der Waals surface area contributed by atoms with Crippen LogP contribution in [0.1, 0.15) is 15.9 Å². The molecule has 0 spiro atoms. The van der Waals surface area contributed by atoms with Crippen molar-refractivity contribution in [1.82, 2.24) is 10.3 Å². The van der Waals surface area contributed by atoms with Crippen LogP contribution in [-0.2, 0) is 16.8 Å². The van der Waals surface area contributed by atoms with Crippen molar-refractivity contribution in [2.24, 2.45) is 0 Å². The van der Waals surface area contributed by atoms with E-state index < -0.39 is 27.9 Å². The van der Waals surface area contributed by atoms with E-state index >= 15 is 0 Å². The molecule has 3 aromatic rings. The van der Waals surface area contributed by atoms with Gasteiger partial charge < -0.3 is 4.55 Å². The van der Waals surface area contributed by atoms with Crippen molar-refractivity contribution in [1.29, 1.82) is 0 Å². The number of nitro benzene ring substituents is 1. The zero-order valence-electron chi connectivity index (χ0n) is 14.2. The van der Waals surface area contributed by atoms with Gasteiger partial charge in [-0.25, -0.2) is 9.78 Å². The number of aromatic nitrogens is 1. The minimum absolute atomic E-state index is 0.105. The molecule has 29 heavy (non-hydrogen) atoms. The first-order valence-corrected chi connectivity index (χ1v) is 10.2. The van der Waals surface area contributed by atoms with Gasteiger partial charge in [-0.2, -0.15) is 0 Å². The van der Waals surface area contributed by atoms with Gasteiger partial charge in [0.05, 0.1) is 25.7 Å². The number of nitrogens with zero attached hydrogens (tertiary/aromatic N) is 2. The summed E-state index contributed by atoms with van der Waals surface area (Å²) in [6.45, 7) is 0. The zero-order valence-corrected chi connectivity index (χ0v) is 16.6. The second kappa shape index (κ2) is 8.61. The van der Waals surface area contributed by atoms with E-state index in [1.54, 1.807) is 18.2 Å². The Labute approximate surface area is 174 Å². The summed E-state index contributed by atoms with van der Waals surface area (Å²) in [7, 11) is 0. The van der Waals surface area contributed by atoms with E-state index in [0.717, 1.165) is 29.5 Å². The number of hydrogen-bond donors (Lipinski definition) is 2. The molecule has 150 valence electrons. The number of carbonyl (C=O) groups excluding carboxylic acids is 2. The Bertz CT molecular complexity index is 1170. The van der Waals surface area contributed by atoms with Crippen LogP contribution in [-0.4, -0.2) is 30.6 Å². The van der Waals surface area contributed by atoms with E-state index in [9.17, 15) is 28.5 Å². The highest BCUT2D eigenvalue weighted by molar-refractivity contribution is 7.78. The van der Waals surface area contributed by atoms with Crippen LogP contribution in [0.2, 0.25) is 5.02 Å². The molecule has 0 bridgehead atoms. The van der Waals surface area contributed by atoms with Crippen LogP contribution in [0, 0.1) is 10.1 Å². The average molecular weight is 454 g/mol. The summed E-state index contributed by atoms with van der Waals surface area (Å²) in [6, 6.07) is 7.26. The van der Waals surface area contributed by atoms with Crippen LogP contribution in [0.15, 0.2) is 36.4 Å². The number of carbonyl (C=O) groups is 2. The van der Waals surface area contributed by atoms with E-state index in [-0.39, 0.29) is 27.2 Å². The van der Waals surface area contributed by atoms with Crippen LogP contribution >= 0.6 is 22.9 Å². The molecule has 2 aromatic carbocycles. The number of benzene rings is 2. The lowest BCUT2D eigenvalue weighted by atomic mass is 10.2. The van der Waals surface area contributed by atoms with Crippen LogP contribution in [0.4, 0.5) is 15.6 Å². The van der Waals surface area contributed by atoms with Crippen molar-refractivity contribution in [3.8, 4) is 0 Å². The molecule has 0 aliphatic rings. The van der Waals surface area contributed by atoms with Crippen LogP contribution in [0.5, 0.6) is 0 Å². The van der Waals surface area contributed by atoms with Gasteiger partial charge in [-0.05, 0) is 23.8 Å². The van der Waals surface area contributed by atoms with Crippen LogP contribution in [0.3, 0.4) is 0 Å². The molecule has 1 heterocycles. The van der Waals surface area contributed by atoms with E-state index in [1.807, 2.05) is 0 Å². The predicted octanol–water partition coefficient (Wildman–Crippen LogP) is 3.20. The number of hydrogen-bond acceptors (Lipinski definition) is 8. The molecule has 0 radical (unpaired) electrons. The molecule has 0 saturated carbocycles. The summed E-state index contributed by atoms with van der Waals surface area (Å²) in [5.74, 6) is -0.981. The number of nitrogens with one attached hydrogen (secondary N) is 2. The Morgan fingerprint density at radius 1 is 1.24 bits per heavy atom. The van der Waals surface area contributed by atoms with E-state index in [2.05, 4.69) is 15.6 Å². The number of non-ortho nitro benzene ring substituents is 1. The number of halogens is 1. The summed E-state index contributed by atoms with van der Waals surface area (Å²) >= 11 is 4.74. The Morgan fingerprint density at radius 2 is 2.00 bits per heavy atom.